The van der Waals surface area contributed by atoms with Crippen molar-refractivity contribution in [1.82, 2.24) is 4.90 Å². The van der Waals surface area contributed by atoms with E-state index in [-0.39, 0.29) is 17.8 Å². The Labute approximate surface area is 175 Å². The van der Waals surface area contributed by atoms with E-state index in [1.807, 2.05) is 12.1 Å². The molecule has 4 nitrogen and oxygen atoms in total. The minimum Gasteiger partial charge on any atom is -0.481 e. The molecule has 2 atom stereocenters. The Morgan fingerprint density at radius 2 is 1.36 bits per heavy atom. The molecule has 0 radical (unpaired) electrons. The summed E-state index contributed by atoms with van der Waals surface area (Å²) in [6, 6.07) is 21.3. The van der Waals surface area contributed by atoms with E-state index in [9.17, 15) is 5.11 Å². The molecule has 0 heterocycles. The molecule has 2 rings (SSSR count). The lowest BCUT2D eigenvalue weighted by Gasteiger charge is -2.42. The molecule has 0 aliphatic rings. The zero-order valence-electron chi connectivity index (χ0n) is 17.5. The van der Waals surface area contributed by atoms with Gasteiger partial charge >= 0.3 is 0 Å². The van der Waals surface area contributed by atoms with Crippen LogP contribution in [0.1, 0.15) is 44.7 Å². The normalized spacial score (nSPS) is 13.0. The van der Waals surface area contributed by atoms with Crippen molar-refractivity contribution in [2.45, 2.75) is 51.2 Å². The smallest absolute Gasteiger partial charge is 0.300 e. The summed E-state index contributed by atoms with van der Waals surface area (Å²) in [5.74, 6) is -0.833. The topological polar surface area (TPSA) is 60.8 Å². The molecule has 0 spiro atoms. The second-order valence-electron chi connectivity index (χ2n) is 7.16. The van der Waals surface area contributed by atoms with Crippen LogP contribution >= 0.6 is 12.4 Å². The molecule has 0 fully saturated rings. The molecule has 2 unspecified atom stereocenters. The van der Waals surface area contributed by atoms with E-state index in [4.69, 9.17) is 9.90 Å². The number of carbonyl (C=O) groups is 1. The number of hydrogen-bond acceptors (Lipinski definition) is 3. The minimum atomic E-state index is -0.833. The van der Waals surface area contributed by atoms with E-state index < -0.39 is 12.1 Å². The number of aliphatic hydroxyl groups is 1. The van der Waals surface area contributed by atoms with Gasteiger partial charge in [0, 0.05) is 18.4 Å². The van der Waals surface area contributed by atoms with Gasteiger partial charge in [0.15, 0.2) is 0 Å². The summed E-state index contributed by atoms with van der Waals surface area (Å²) in [5.41, 5.74) is 1.99. The summed E-state index contributed by atoms with van der Waals surface area (Å²) in [4.78, 5) is 11.2. The van der Waals surface area contributed by atoms with Crippen molar-refractivity contribution in [3.05, 3.63) is 71.8 Å². The van der Waals surface area contributed by atoms with E-state index in [2.05, 4.69) is 81.4 Å². The van der Waals surface area contributed by atoms with Gasteiger partial charge in [0.2, 0.25) is 0 Å². The van der Waals surface area contributed by atoms with E-state index in [1.165, 1.54) is 11.1 Å². The standard InChI is InChI=1S/C21H29NO.C2H4O2.ClH/c1-5-20(23)21(16-17(2)22(3)4,18-12-8-6-9-13-18)19-14-10-7-11-15-19;1-2(3)4;/h6-15,17,20,23H,5,16H2,1-4H3;1H3,(H,3,4);1H. The van der Waals surface area contributed by atoms with Crippen LogP contribution in [-0.2, 0) is 10.2 Å². The summed E-state index contributed by atoms with van der Waals surface area (Å²) >= 11 is 0. The highest BCUT2D eigenvalue weighted by Crippen LogP contribution is 2.41. The van der Waals surface area contributed by atoms with Gasteiger partial charge in [-0.15, -0.1) is 12.4 Å². The minimum absolute atomic E-state index is 0. The fourth-order valence-corrected chi connectivity index (χ4v) is 3.39. The first kappa shape index (κ1) is 26.1. The number of nitrogens with zero attached hydrogens (tertiary/aromatic N) is 1. The first-order chi connectivity index (χ1) is 12.8. The first-order valence-corrected chi connectivity index (χ1v) is 9.40. The van der Waals surface area contributed by atoms with Gasteiger partial charge in [0.25, 0.3) is 5.97 Å². The Morgan fingerprint density at radius 3 is 1.64 bits per heavy atom. The monoisotopic (exact) mass is 407 g/mol. The van der Waals surface area contributed by atoms with Gasteiger partial charge in [-0.25, -0.2) is 0 Å². The summed E-state index contributed by atoms with van der Waals surface area (Å²) in [6.07, 6.45) is 1.18. The highest BCUT2D eigenvalue weighted by Gasteiger charge is 2.41. The first-order valence-electron chi connectivity index (χ1n) is 9.40. The maximum atomic E-state index is 11.1. The third kappa shape index (κ3) is 6.93. The van der Waals surface area contributed by atoms with Gasteiger partial charge in [-0.3, -0.25) is 4.79 Å². The SMILES string of the molecule is CC(=O)O.CCC(O)C(CC(C)N(C)C)(c1ccccc1)c1ccccc1.Cl. The molecule has 2 aromatic carbocycles. The Kier molecular flexibility index (Phi) is 11.7. The van der Waals surface area contributed by atoms with Gasteiger partial charge in [-0.1, -0.05) is 67.6 Å². The molecule has 0 aromatic heterocycles. The van der Waals surface area contributed by atoms with Gasteiger partial charge in [0.05, 0.1) is 6.10 Å². The van der Waals surface area contributed by atoms with Crippen LogP contribution in [-0.4, -0.2) is 47.3 Å². The van der Waals surface area contributed by atoms with Crippen LogP contribution in [0.2, 0.25) is 0 Å². The van der Waals surface area contributed by atoms with Crippen molar-refractivity contribution in [2.75, 3.05) is 14.1 Å². The largest absolute Gasteiger partial charge is 0.481 e. The summed E-state index contributed by atoms with van der Waals surface area (Å²) in [6.45, 7) is 5.37. The number of benzene rings is 2. The molecule has 0 amide bonds. The third-order valence-electron chi connectivity index (χ3n) is 5.03. The third-order valence-corrected chi connectivity index (χ3v) is 5.03. The Hall–Kier alpha value is -1.88. The predicted molar refractivity (Wildman–Crippen MR) is 118 cm³/mol. The molecule has 5 heteroatoms. The van der Waals surface area contributed by atoms with Crippen LogP contribution in [0.25, 0.3) is 0 Å². The molecular weight excluding hydrogens is 374 g/mol. The van der Waals surface area contributed by atoms with E-state index in [0.717, 1.165) is 19.8 Å². The second-order valence-corrected chi connectivity index (χ2v) is 7.16. The average Bonchev–Trinajstić information content (AvgIpc) is 2.66. The van der Waals surface area contributed by atoms with Gasteiger partial charge < -0.3 is 15.1 Å². The molecule has 0 bridgehead atoms. The van der Waals surface area contributed by atoms with Gasteiger partial charge in [-0.2, -0.15) is 0 Å². The van der Waals surface area contributed by atoms with Crippen LogP contribution < -0.4 is 0 Å². The Bertz CT molecular complexity index is 633. The van der Waals surface area contributed by atoms with Crippen molar-refractivity contribution >= 4 is 18.4 Å². The molecule has 0 aliphatic heterocycles. The predicted octanol–water partition coefficient (Wildman–Crippen LogP) is 4.60. The molecular formula is C23H34ClNO3. The number of rotatable bonds is 7. The number of aliphatic carboxylic acids is 1. The van der Waals surface area contributed by atoms with Crippen LogP contribution in [0.5, 0.6) is 0 Å². The molecule has 156 valence electrons. The zero-order chi connectivity index (χ0) is 20.4. The Balaban J connectivity index is 0.00000133. The van der Waals surface area contributed by atoms with E-state index in [0.29, 0.717) is 6.04 Å². The average molecular weight is 408 g/mol. The molecule has 2 aromatic rings. The number of halogens is 1. The second kappa shape index (κ2) is 12.6. The molecule has 0 saturated carbocycles. The fourth-order valence-electron chi connectivity index (χ4n) is 3.39. The molecule has 28 heavy (non-hydrogen) atoms. The van der Waals surface area contributed by atoms with Crippen LogP contribution in [0.4, 0.5) is 0 Å². The Morgan fingerprint density at radius 1 is 1.00 bits per heavy atom. The van der Waals surface area contributed by atoms with Crippen molar-refractivity contribution in [1.29, 1.82) is 0 Å². The van der Waals surface area contributed by atoms with Crippen LogP contribution in [0, 0.1) is 0 Å². The molecule has 0 saturated heterocycles. The van der Waals surface area contributed by atoms with Crippen molar-refractivity contribution in [3.63, 3.8) is 0 Å². The lowest BCUT2D eigenvalue weighted by molar-refractivity contribution is -0.134. The number of aliphatic hydroxyl groups excluding tert-OH is 1. The van der Waals surface area contributed by atoms with Gasteiger partial charge in [-0.05, 0) is 45.0 Å². The highest BCUT2D eigenvalue weighted by atomic mass is 35.5. The van der Waals surface area contributed by atoms with Gasteiger partial charge in [0.1, 0.15) is 0 Å². The van der Waals surface area contributed by atoms with Crippen molar-refractivity contribution in [3.8, 4) is 0 Å². The van der Waals surface area contributed by atoms with E-state index >= 15 is 0 Å². The van der Waals surface area contributed by atoms with Crippen LogP contribution in [0.3, 0.4) is 0 Å². The fraction of sp³-hybridized carbons (Fsp3) is 0.435. The zero-order valence-corrected chi connectivity index (χ0v) is 18.3. The van der Waals surface area contributed by atoms with Crippen LogP contribution in [0.15, 0.2) is 60.7 Å². The lowest BCUT2D eigenvalue weighted by Crippen LogP contribution is -2.45. The number of carboxylic acids is 1. The summed E-state index contributed by atoms with van der Waals surface area (Å²) < 4.78 is 0. The molecule has 0 aliphatic carbocycles. The molecule has 2 N–H and O–H groups in total. The lowest BCUT2D eigenvalue weighted by atomic mass is 9.66. The van der Waals surface area contributed by atoms with Crippen molar-refractivity contribution in [2.24, 2.45) is 0 Å². The number of hydrogen-bond donors (Lipinski definition) is 2. The highest BCUT2D eigenvalue weighted by molar-refractivity contribution is 5.85. The van der Waals surface area contributed by atoms with Crippen molar-refractivity contribution < 1.29 is 15.0 Å². The number of carboxylic acid groups (broad SMARTS) is 1. The quantitative estimate of drug-likeness (QED) is 0.704. The maximum Gasteiger partial charge on any atom is 0.300 e. The maximum absolute atomic E-state index is 11.1. The van der Waals surface area contributed by atoms with E-state index in [1.54, 1.807) is 0 Å². The summed E-state index contributed by atoms with van der Waals surface area (Å²) in [5, 5.41) is 18.5. The summed E-state index contributed by atoms with van der Waals surface area (Å²) in [7, 11) is 4.20.